The number of anilines is 1. The molecule has 0 radical (unpaired) electrons. The van der Waals surface area contributed by atoms with E-state index in [0.29, 0.717) is 4.91 Å². The first-order valence-electron chi connectivity index (χ1n) is 7.94. The van der Waals surface area contributed by atoms with Gasteiger partial charge in [0, 0.05) is 0 Å². The van der Waals surface area contributed by atoms with Gasteiger partial charge in [0.15, 0.2) is 4.32 Å². The van der Waals surface area contributed by atoms with Crippen molar-refractivity contribution in [1.82, 2.24) is 0 Å². The highest BCUT2D eigenvalue weighted by Gasteiger charge is 2.35. The maximum absolute atomic E-state index is 12.9. The van der Waals surface area contributed by atoms with E-state index in [-0.39, 0.29) is 10.0 Å². The van der Waals surface area contributed by atoms with Crippen molar-refractivity contribution >= 4 is 46.0 Å². The van der Waals surface area contributed by atoms with Gasteiger partial charge in [-0.15, -0.1) is 0 Å². The van der Waals surface area contributed by atoms with Gasteiger partial charge in [0.1, 0.15) is 0 Å². The van der Waals surface area contributed by atoms with Gasteiger partial charge in [0.05, 0.1) is 16.2 Å². The summed E-state index contributed by atoms with van der Waals surface area (Å²) in [6, 6.07) is 14.2. The van der Waals surface area contributed by atoms with Crippen molar-refractivity contribution < 1.29 is 18.0 Å². The van der Waals surface area contributed by atoms with Crippen LogP contribution in [0.15, 0.2) is 71.2 Å². The summed E-state index contributed by atoms with van der Waals surface area (Å²) >= 11 is 6.30. The van der Waals surface area contributed by atoms with Crippen molar-refractivity contribution in [3.8, 4) is 0 Å². The summed E-state index contributed by atoms with van der Waals surface area (Å²) in [5, 5.41) is 0. The molecule has 1 aliphatic heterocycles. The number of thiocarbonyl (C=S) groups is 1. The molecule has 1 saturated heterocycles. The van der Waals surface area contributed by atoms with Gasteiger partial charge in [0.25, 0.3) is 5.91 Å². The van der Waals surface area contributed by atoms with E-state index in [9.17, 15) is 18.0 Å². The van der Waals surface area contributed by atoms with Gasteiger partial charge in [-0.1, -0.05) is 66.5 Å². The molecule has 0 spiro atoms. The normalized spacial score (nSPS) is 17.1. The summed E-state index contributed by atoms with van der Waals surface area (Å²) in [6.07, 6.45) is -0.877. The molecule has 0 bridgehead atoms. The Morgan fingerprint density at radius 2 is 1.81 bits per heavy atom. The average Bonchev–Trinajstić information content (AvgIpc) is 2.88. The number of nitrogens with zero attached hydrogens (tertiary/aromatic N) is 1. The molecule has 1 aliphatic rings. The fourth-order valence-electron chi connectivity index (χ4n) is 2.57. The molecule has 0 N–H and O–H groups in total. The van der Waals surface area contributed by atoms with Crippen LogP contribution in [0.25, 0.3) is 6.08 Å². The van der Waals surface area contributed by atoms with E-state index in [2.05, 4.69) is 0 Å². The highest BCUT2D eigenvalue weighted by atomic mass is 32.2. The number of allylic oxidation sites excluding steroid dienone is 2. The van der Waals surface area contributed by atoms with Gasteiger partial charge in [-0.3, -0.25) is 9.69 Å². The van der Waals surface area contributed by atoms with E-state index >= 15 is 0 Å². The molecule has 0 aliphatic carbocycles. The van der Waals surface area contributed by atoms with Crippen LogP contribution in [0.3, 0.4) is 0 Å². The van der Waals surface area contributed by atoms with Crippen LogP contribution < -0.4 is 4.90 Å². The maximum Gasteiger partial charge on any atom is 0.416 e. The Balaban J connectivity index is 1.88. The molecule has 7 heteroatoms. The van der Waals surface area contributed by atoms with E-state index in [1.165, 1.54) is 12.1 Å². The Labute approximate surface area is 164 Å². The van der Waals surface area contributed by atoms with E-state index in [4.69, 9.17) is 12.2 Å². The smallest absolute Gasteiger partial charge is 0.268 e. The quantitative estimate of drug-likeness (QED) is 0.457. The minimum absolute atomic E-state index is 0.111. The van der Waals surface area contributed by atoms with Gasteiger partial charge in [0.2, 0.25) is 0 Å². The third-order valence-electron chi connectivity index (χ3n) is 3.78. The summed E-state index contributed by atoms with van der Waals surface area (Å²) in [6.45, 7) is 1.85. The van der Waals surface area contributed by atoms with E-state index in [1.807, 2.05) is 43.3 Å². The summed E-state index contributed by atoms with van der Waals surface area (Å²) in [7, 11) is 0. The zero-order valence-corrected chi connectivity index (χ0v) is 15.8. The largest absolute Gasteiger partial charge is 0.416 e. The third-order valence-corrected chi connectivity index (χ3v) is 5.08. The molecule has 0 unspecified atom stereocenters. The second-order valence-corrected chi connectivity index (χ2v) is 7.54. The molecule has 1 fully saturated rings. The zero-order chi connectivity index (χ0) is 19.6. The molecular formula is C20H14F3NOS2. The van der Waals surface area contributed by atoms with Crippen molar-refractivity contribution in [3.63, 3.8) is 0 Å². The van der Waals surface area contributed by atoms with Crippen LogP contribution >= 0.6 is 24.0 Å². The molecule has 0 saturated carbocycles. The predicted molar refractivity (Wildman–Crippen MR) is 107 cm³/mol. The number of carbonyl (C=O) groups is 1. The summed E-state index contributed by atoms with van der Waals surface area (Å²) in [5.41, 5.74) is 1.11. The fraction of sp³-hybridized carbons (Fsp3) is 0.100. The summed E-state index contributed by atoms with van der Waals surface area (Å²) < 4.78 is 39.0. The zero-order valence-electron chi connectivity index (χ0n) is 14.2. The lowest BCUT2D eigenvalue weighted by Gasteiger charge is -2.16. The highest BCUT2D eigenvalue weighted by Crippen LogP contribution is 2.38. The number of rotatable bonds is 3. The van der Waals surface area contributed by atoms with Gasteiger partial charge < -0.3 is 0 Å². The van der Waals surface area contributed by atoms with Crippen molar-refractivity contribution in [2.24, 2.45) is 0 Å². The standard InChI is InChI=1S/C20H14F3NOS2/c1-13(10-14-6-3-2-4-7-14)11-17-18(25)24(19(26)27-17)16-9-5-8-15(12-16)20(21,22)23/h2-12H,1H3/b13-10+,17-11-. The fourth-order valence-corrected chi connectivity index (χ4v) is 3.92. The van der Waals surface area contributed by atoms with Crippen LogP contribution in [0, 0.1) is 0 Å². The molecular weight excluding hydrogens is 391 g/mol. The lowest BCUT2D eigenvalue weighted by Crippen LogP contribution is -2.27. The van der Waals surface area contributed by atoms with E-state index in [1.54, 1.807) is 6.08 Å². The van der Waals surface area contributed by atoms with E-state index < -0.39 is 17.6 Å². The Bertz CT molecular complexity index is 949. The highest BCUT2D eigenvalue weighted by molar-refractivity contribution is 8.27. The molecule has 0 atom stereocenters. The number of carbonyl (C=O) groups excluding carboxylic acids is 1. The Kier molecular flexibility index (Phi) is 5.53. The summed E-state index contributed by atoms with van der Waals surface area (Å²) in [4.78, 5) is 14.2. The molecule has 1 heterocycles. The number of alkyl halides is 3. The number of hydrogen-bond acceptors (Lipinski definition) is 3. The minimum atomic E-state index is -4.48. The number of amides is 1. The SMILES string of the molecule is CC(/C=C1\SC(=S)N(c2cccc(C(F)(F)F)c2)C1=O)=C\c1ccccc1. The lowest BCUT2D eigenvalue weighted by atomic mass is 10.1. The van der Waals surface area contributed by atoms with Gasteiger partial charge in [-0.25, -0.2) is 0 Å². The van der Waals surface area contributed by atoms with Crippen LogP contribution in [0.4, 0.5) is 18.9 Å². The van der Waals surface area contributed by atoms with Gasteiger partial charge in [-0.05, 0) is 42.3 Å². The summed E-state index contributed by atoms with van der Waals surface area (Å²) in [5.74, 6) is -0.426. The van der Waals surface area contributed by atoms with Gasteiger partial charge in [-0.2, -0.15) is 13.2 Å². The minimum Gasteiger partial charge on any atom is -0.268 e. The molecule has 0 aromatic heterocycles. The average molecular weight is 405 g/mol. The number of thioether (sulfide) groups is 1. The van der Waals surface area contributed by atoms with Crippen LogP contribution in [0.5, 0.6) is 0 Å². The van der Waals surface area contributed by atoms with Gasteiger partial charge >= 0.3 is 6.18 Å². The first-order valence-corrected chi connectivity index (χ1v) is 9.17. The predicted octanol–water partition coefficient (Wildman–Crippen LogP) is 6.06. The van der Waals surface area contributed by atoms with Crippen molar-refractivity contribution in [2.75, 3.05) is 4.90 Å². The van der Waals surface area contributed by atoms with Crippen molar-refractivity contribution in [3.05, 3.63) is 82.3 Å². The molecule has 2 aromatic rings. The molecule has 138 valence electrons. The van der Waals surface area contributed by atoms with Crippen LogP contribution in [0.1, 0.15) is 18.1 Å². The third kappa shape index (κ3) is 4.48. The van der Waals surface area contributed by atoms with Crippen molar-refractivity contribution in [1.29, 1.82) is 0 Å². The topological polar surface area (TPSA) is 20.3 Å². The first-order chi connectivity index (χ1) is 12.8. The number of halogens is 3. The van der Waals surface area contributed by atoms with Crippen molar-refractivity contribution in [2.45, 2.75) is 13.1 Å². The monoisotopic (exact) mass is 405 g/mol. The molecule has 2 aromatic carbocycles. The Morgan fingerprint density at radius 3 is 2.48 bits per heavy atom. The van der Waals surface area contributed by atoms with E-state index in [0.717, 1.165) is 39.9 Å². The maximum atomic E-state index is 12.9. The Morgan fingerprint density at radius 1 is 1.11 bits per heavy atom. The molecule has 27 heavy (non-hydrogen) atoms. The number of hydrogen-bond donors (Lipinski definition) is 0. The second-order valence-electron chi connectivity index (χ2n) is 5.86. The molecule has 3 rings (SSSR count). The lowest BCUT2D eigenvalue weighted by molar-refractivity contribution is -0.137. The van der Waals surface area contributed by atoms with Crippen LogP contribution in [0.2, 0.25) is 0 Å². The van der Waals surface area contributed by atoms with Crippen LogP contribution in [-0.2, 0) is 11.0 Å². The number of benzene rings is 2. The van der Waals surface area contributed by atoms with Crippen LogP contribution in [-0.4, -0.2) is 10.2 Å². The second kappa shape index (κ2) is 7.70. The molecule has 2 nitrogen and oxygen atoms in total. The first kappa shape index (κ1) is 19.4. The Hall–Kier alpha value is -2.38. The molecule has 1 amide bonds.